The Bertz CT molecular complexity index is 1850. The van der Waals surface area contributed by atoms with Gasteiger partial charge in [-0.25, -0.2) is 4.79 Å². The molecule has 0 aromatic heterocycles. The lowest BCUT2D eigenvalue weighted by molar-refractivity contribution is -0.321. The molecule has 1 heterocycles. The quantitative estimate of drug-likeness (QED) is 0.100. The summed E-state index contributed by atoms with van der Waals surface area (Å²) in [5, 5.41) is 82.4. The van der Waals surface area contributed by atoms with Crippen molar-refractivity contribution in [2.24, 2.45) is 17.6 Å². The van der Waals surface area contributed by atoms with E-state index >= 15 is 0 Å². The van der Waals surface area contributed by atoms with E-state index in [0.29, 0.717) is 11.3 Å². The number of hydrogen-bond acceptors (Lipinski definition) is 16. The van der Waals surface area contributed by atoms with E-state index in [1.165, 1.54) is 25.1 Å². The molecule has 5 rings (SSSR count). The van der Waals surface area contributed by atoms with Gasteiger partial charge < -0.3 is 66.5 Å². The molecule has 1 aliphatic heterocycles. The summed E-state index contributed by atoms with van der Waals surface area (Å²) in [6.07, 6.45) is -11.4. The molecule has 296 valence electrons. The molecule has 0 saturated carbocycles. The van der Waals surface area contributed by atoms with Crippen LogP contribution in [0.4, 0.5) is 11.4 Å². The molecule has 0 radical (unpaired) electrons. The predicted molar refractivity (Wildman–Crippen MR) is 188 cm³/mol. The molecule has 1 aromatic carbocycles. The van der Waals surface area contributed by atoms with Gasteiger partial charge in [0, 0.05) is 36.8 Å². The first-order chi connectivity index (χ1) is 25.0. The van der Waals surface area contributed by atoms with Crippen molar-refractivity contribution in [1.82, 2.24) is 10.2 Å². The second-order valence-corrected chi connectivity index (χ2v) is 15.5. The zero-order chi connectivity index (χ0) is 40.5. The van der Waals surface area contributed by atoms with Gasteiger partial charge in [-0.15, -0.1) is 0 Å². The lowest BCUT2D eigenvalue weighted by Crippen LogP contribution is -2.69. The highest BCUT2D eigenvalue weighted by Gasteiger charge is 2.67. The fourth-order valence-corrected chi connectivity index (χ4v) is 7.84. The fourth-order valence-electron chi connectivity index (χ4n) is 7.84. The van der Waals surface area contributed by atoms with Crippen LogP contribution in [0.1, 0.15) is 43.1 Å². The minimum Gasteiger partial charge on any atom is -0.510 e. The summed E-state index contributed by atoms with van der Waals surface area (Å²) in [6.45, 7) is 5.39. The number of aromatic hydroxyl groups is 1. The molecule has 0 unspecified atom stereocenters. The molecule has 19 heteroatoms. The third-order valence-corrected chi connectivity index (χ3v) is 10.3. The molecule has 9 atom stereocenters. The molecule has 4 aliphatic rings. The Kier molecular flexibility index (Phi) is 10.7. The van der Waals surface area contributed by atoms with E-state index in [1.54, 1.807) is 19.0 Å². The highest BCUT2D eigenvalue weighted by atomic mass is 16.7. The van der Waals surface area contributed by atoms with Crippen LogP contribution < -0.4 is 21.3 Å². The first-order valence-electron chi connectivity index (χ1n) is 17.1. The van der Waals surface area contributed by atoms with Crippen LogP contribution in [-0.2, 0) is 35.1 Å². The smallest absolute Gasteiger partial charge is 0.335 e. The number of aliphatic hydroxyl groups excluding tert-OH is 5. The number of anilines is 2. The van der Waals surface area contributed by atoms with E-state index in [-0.39, 0.29) is 30.6 Å². The van der Waals surface area contributed by atoms with Crippen LogP contribution in [0.2, 0.25) is 0 Å². The number of carbonyl (C=O) groups is 5. The van der Waals surface area contributed by atoms with Crippen LogP contribution in [0.15, 0.2) is 28.7 Å². The number of allylic oxidation sites excluding steroid dienone is 1. The fraction of sp³-hybridized carbons (Fsp3) is 0.571. The molecule has 11 N–H and O–H groups in total. The van der Waals surface area contributed by atoms with Gasteiger partial charge in [0.05, 0.1) is 23.8 Å². The van der Waals surface area contributed by atoms with Crippen LogP contribution in [-0.4, -0.2) is 153 Å². The number of hydrogen-bond donors (Lipinski definition) is 10. The van der Waals surface area contributed by atoms with Crippen molar-refractivity contribution in [3.63, 3.8) is 0 Å². The summed E-state index contributed by atoms with van der Waals surface area (Å²) in [7, 11) is 6.29. The van der Waals surface area contributed by atoms with Gasteiger partial charge in [-0.1, -0.05) is 0 Å². The monoisotopic (exact) mass is 761 g/mol. The molecule has 1 fully saturated rings. The summed E-state index contributed by atoms with van der Waals surface area (Å²) in [5.74, 6) is -11.1. The average molecular weight is 762 g/mol. The van der Waals surface area contributed by atoms with Crippen molar-refractivity contribution in [3.05, 3.63) is 39.9 Å². The van der Waals surface area contributed by atoms with Crippen molar-refractivity contribution < 1.29 is 69.2 Å². The number of ketones is 2. The van der Waals surface area contributed by atoms with Gasteiger partial charge in [-0.3, -0.25) is 24.1 Å². The number of aliphatic hydroxyl groups is 5. The maximum Gasteiger partial charge on any atom is 0.335 e. The summed E-state index contributed by atoms with van der Waals surface area (Å²) >= 11 is 0. The average Bonchev–Trinajstić information content (AvgIpc) is 3.05. The SMILES string of the molecule is CN(C)c1cc(NC(=O)CNC(C)(C)C)c(O)c2c1C[C@H]1C[C@H]3[C@H](N(C)C)C(O)=C(C(N)=O)C(=O)[C@@]3(O[C@@H]3O[C@H](C(=O)O)[C@@H](O)[C@H](O)[C@H]3O)C(O)=C1C2=O. The minimum atomic E-state index is -2.91. The number of ether oxygens (including phenoxy) is 2. The normalized spacial score (nSPS) is 31.2. The van der Waals surface area contributed by atoms with Gasteiger partial charge in [-0.05, 0) is 65.3 Å². The van der Waals surface area contributed by atoms with E-state index in [2.05, 4.69) is 10.6 Å². The lowest BCUT2D eigenvalue weighted by atomic mass is 9.58. The van der Waals surface area contributed by atoms with E-state index in [9.17, 15) is 59.7 Å². The molecule has 19 nitrogen and oxygen atoms in total. The number of carbonyl (C=O) groups excluding carboxylic acids is 4. The molecule has 2 amide bonds. The van der Waals surface area contributed by atoms with Crippen molar-refractivity contribution in [1.29, 1.82) is 0 Å². The van der Waals surface area contributed by atoms with E-state index in [4.69, 9.17) is 15.2 Å². The zero-order valence-electron chi connectivity index (χ0n) is 30.8. The van der Waals surface area contributed by atoms with Crippen LogP contribution in [0.25, 0.3) is 0 Å². The molecule has 1 aromatic rings. The van der Waals surface area contributed by atoms with Gasteiger partial charge >= 0.3 is 5.97 Å². The second kappa shape index (κ2) is 14.2. The maximum atomic E-state index is 14.7. The Hall–Kier alpha value is -4.63. The number of likely N-dealkylation sites (N-methyl/N-ethyl adjacent to an activating group) is 1. The van der Waals surface area contributed by atoms with Gasteiger partial charge in [0.1, 0.15) is 35.4 Å². The second-order valence-electron chi connectivity index (χ2n) is 15.5. The van der Waals surface area contributed by atoms with Crippen LogP contribution in [0.5, 0.6) is 5.75 Å². The molecular weight excluding hydrogens is 714 g/mol. The number of fused-ring (bicyclic) bond motifs is 3. The summed E-state index contributed by atoms with van der Waals surface area (Å²) in [6, 6.07) is 0.153. The third kappa shape index (κ3) is 6.58. The van der Waals surface area contributed by atoms with Gasteiger partial charge in [0.2, 0.25) is 11.7 Å². The van der Waals surface area contributed by atoms with E-state index in [0.717, 1.165) is 0 Å². The molecule has 54 heavy (non-hydrogen) atoms. The molecule has 1 saturated heterocycles. The van der Waals surface area contributed by atoms with Crippen molar-refractivity contribution in [2.45, 2.75) is 81.5 Å². The largest absolute Gasteiger partial charge is 0.510 e. The first kappa shape index (κ1) is 40.6. The maximum absolute atomic E-state index is 14.7. The highest BCUT2D eigenvalue weighted by Crippen LogP contribution is 2.56. The first-order valence-corrected chi connectivity index (χ1v) is 17.1. The number of rotatable bonds is 9. The standard InChI is InChI=1S/C35H47N5O14/c1-34(2,3)37-11-17(41)38-15-10-16(39(4)5)13-8-12-9-14-21(40(6)7)24(44)20(31(36)50)30(49)35(14,29(48)18(12)23(43)19(13)22(15)42)54-33-27(47)25(45)26(46)28(53-33)32(51)52/h10,12,14,21,25-28,33,37,42,44-48H,8-9,11H2,1-7H3,(H2,36,50)(H,38,41)(H,51,52)/t12-,14-,21-,25-,26-,27+,28-,33-,35-/m0/s1. The Morgan fingerprint density at radius 1 is 1.04 bits per heavy atom. The van der Waals surface area contributed by atoms with Crippen LogP contribution >= 0.6 is 0 Å². The summed E-state index contributed by atoms with van der Waals surface area (Å²) in [4.78, 5) is 69.9. The Morgan fingerprint density at radius 3 is 2.20 bits per heavy atom. The third-order valence-electron chi connectivity index (χ3n) is 10.3. The number of nitrogens with two attached hydrogens (primary N) is 1. The number of aliphatic carboxylic acids is 1. The Morgan fingerprint density at radius 2 is 1.67 bits per heavy atom. The lowest BCUT2D eigenvalue weighted by Gasteiger charge is -2.54. The van der Waals surface area contributed by atoms with E-state index < -0.39 is 117 Å². The predicted octanol–water partition coefficient (Wildman–Crippen LogP) is -1.57. The number of phenols is 1. The molecule has 3 aliphatic carbocycles. The summed E-state index contributed by atoms with van der Waals surface area (Å²) in [5.41, 5.74) is 1.02. The number of Topliss-reactive ketones (excluding diaryl/α,β-unsaturated/α-hetero) is 2. The topological polar surface area (TPSA) is 302 Å². The van der Waals surface area contributed by atoms with E-state index in [1.807, 2.05) is 20.8 Å². The molecule has 0 bridgehead atoms. The number of primary amides is 1. The number of nitrogens with one attached hydrogen (secondary N) is 2. The van der Waals surface area contributed by atoms with Gasteiger partial charge in [0.25, 0.3) is 5.91 Å². The van der Waals surface area contributed by atoms with Crippen molar-refractivity contribution in [2.75, 3.05) is 45.0 Å². The van der Waals surface area contributed by atoms with Gasteiger partial charge in [0.15, 0.2) is 29.5 Å². The number of nitrogens with zero attached hydrogens (tertiary/aromatic N) is 2. The number of carboxylic acid groups (broad SMARTS) is 1. The number of phenolic OH excluding ortho intramolecular Hbond substituents is 1. The number of amides is 2. The van der Waals surface area contributed by atoms with Crippen molar-refractivity contribution >= 4 is 40.7 Å². The van der Waals surface area contributed by atoms with Crippen molar-refractivity contribution in [3.8, 4) is 5.75 Å². The highest BCUT2D eigenvalue weighted by molar-refractivity contribution is 6.25. The van der Waals surface area contributed by atoms with Gasteiger partial charge in [-0.2, -0.15) is 0 Å². The Balaban J connectivity index is 1.74. The summed E-state index contributed by atoms with van der Waals surface area (Å²) < 4.78 is 11.4. The molecule has 0 spiro atoms. The number of carboxylic acids is 1. The zero-order valence-corrected chi connectivity index (χ0v) is 30.8. The van der Waals surface area contributed by atoms with Crippen LogP contribution in [0, 0.1) is 11.8 Å². The molecular formula is C35H47N5O14. The van der Waals surface area contributed by atoms with Crippen LogP contribution in [0.3, 0.4) is 0 Å². The minimum absolute atomic E-state index is 0.0377. The Labute approximate surface area is 309 Å². The number of benzene rings is 1.